The minimum Gasteiger partial charge on any atom is -0.497 e. The molecule has 0 heterocycles. The molecule has 19 heavy (non-hydrogen) atoms. The maximum Gasteiger partial charge on any atom is 0.255 e. The molecule has 0 spiro atoms. The number of amides is 1. The Morgan fingerprint density at radius 3 is 2.68 bits per heavy atom. The normalized spacial score (nSPS) is 10.1. The lowest BCUT2D eigenvalue weighted by Gasteiger charge is -2.08. The first kappa shape index (κ1) is 13.6. The van der Waals surface area contributed by atoms with Crippen LogP contribution in [0.4, 0.5) is 5.69 Å². The van der Waals surface area contributed by atoms with E-state index < -0.39 is 0 Å². The summed E-state index contributed by atoms with van der Waals surface area (Å²) in [5.74, 6) is 0.514. The Balaban J connectivity index is 2.18. The van der Waals surface area contributed by atoms with Crippen LogP contribution in [0.2, 0.25) is 0 Å². The van der Waals surface area contributed by atoms with Crippen molar-refractivity contribution in [2.45, 2.75) is 6.92 Å². The molecule has 0 saturated heterocycles. The van der Waals surface area contributed by atoms with Crippen molar-refractivity contribution in [3.8, 4) is 5.75 Å². The quantitative estimate of drug-likeness (QED) is 0.928. The van der Waals surface area contributed by atoms with Gasteiger partial charge in [0.05, 0.1) is 7.11 Å². The summed E-state index contributed by atoms with van der Waals surface area (Å²) < 4.78 is 6.12. The van der Waals surface area contributed by atoms with E-state index in [1.165, 1.54) is 0 Å². The van der Waals surface area contributed by atoms with Crippen molar-refractivity contribution < 1.29 is 9.53 Å². The molecule has 0 bridgehead atoms. The highest BCUT2D eigenvalue weighted by atomic mass is 79.9. The molecule has 3 nitrogen and oxygen atoms in total. The van der Waals surface area contributed by atoms with Crippen molar-refractivity contribution >= 4 is 27.5 Å². The number of carbonyl (C=O) groups excluding carboxylic acids is 1. The third-order valence-corrected chi connectivity index (χ3v) is 3.64. The van der Waals surface area contributed by atoms with Gasteiger partial charge in [0.25, 0.3) is 5.91 Å². The van der Waals surface area contributed by atoms with E-state index in [4.69, 9.17) is 4.74 Å². The van der Waals surface area contributed by atoms with E-state index in [0.29, 0.717) is 11.3 Å². The van der Waals surface area contributed by atoms with E-state index in [1.54, 1.807) is 31.4 Å². The zero-order valence-electron chi connectivity index (χ0n) is 10.7. The summed E-state index contributed by atoms with van der Waals surface area (Å²) in [7, 11) is 1.58. The predicted molar refractivity (Wildman–Crippen MR) is 79.8 cm³/mol. The van der Waals surface area contributed by atoms with Gasteiger partial charge in [-0.25, -0.2) is 0 Å². The molecule has 1 amide bonds. The highest BCUT2D eigenvalue weighted by Crippen LogP contribution is 2.21. The molecule has 1 N–H and O–H groups in total. The van der Waals surface area contributed by atoms with Gasteiger partial charge in [0.1, 0.15) is 5.75 Å². The van der Waals surface area contributed by atoms with Crippen molar-refractivity contribution in [1.82, 2.24) is 0 Å². The van der Waals surface area contributed by atoms with Gasteiger partial charge in [0.2, 0.25) is 0 Å². The third-order valence-electron chi connectivity index (χ3n) is 2.75. The number of nitrogens with one attached hydrogen (secondary N) is 1. The number of aryl methyl sites for hydroxylation is 1. The molecule has 0 aliphatic rings. The van der Waals surface area contributed by atoms with E-state index in [-0.39, 0.29) is 5.91 Å². The van der Waals surface area contributed by atoms with Crippen LogP contribution in [0.15, 0.2) is 46.9 Å². The average Bonchev–Trinajstić information content (AvgIpc) is 2.43. The summed E-state index contributed by atoms with van der Waals surface area (Å²) in [4.78, 5) is 12.1. The molecular formula is C15H14BrNO2. The topological polar surface area (TPSA) is 38.3 Å². The number of ether oxygens (including phenoxy) is 1. The molecule has 0 aromatic heterocycles. The molecule has 0 atom stereocenters. The van der Waals surface area contributed by atoms with Gasteiger partial charge in [-0.3, -0.25) is 4.79 Å². The largest absolute Gasteiger partial charge is 0.497 e. The van der Waals surface area contributed by atoms with Crippen LogP contribution < -0.4 is 10.1 Å². The van der Waals surface area contributed by atoms with Gasteiger partial charge in [0, 0.05) is 15.7 Å². The van der Waals surface area contributed by atoms with Crippen LogP contribution in [-0.4, -0.2) is 13.0 Å². The number of methoxy groups -OCH3 is 1. The zero-order valence-corrected chi connectivity index (χ0v) is 12.3. The fourth-order valence-corrected chi connectivity index (χ4v) is 1.94. The number of hydrogen-bond donors (Lipinski definition) is 1. The standard InChI is InChI=1S/C15H14BrNO2/c1-10-8-12(6-7-14(10)16)17-15(18)11-4-3-5-13(9-11)19-2/h3-9H,1-2H3,(H,17,18). The molecule has 0 radical (unpaired) electrons. The van der Waals surface area contributed by atoms with E-state index in [2.05, 4.69) is 21.2 Å². The van der Waals surface area contributed by atoms with Crippen LogP contribution in [-0.2, 0) is 0 Å². The first-order valence-corrected chi connectivity index (χ1v) is 6.61. The van der Waals surface area contributed by atoms with Crippen LogP contribution in [0.5, 0.6) is 5.75 Å². The van der Waals surface area contributed by atoms with E-state index >= 15 is 0 Å². The van der Waals surface area contributed by atoms with E-state index in [9.17, 15) is 4.79 Å². The van der Waals surface area contributed by atoms with Gasteiger partial charge in [0.15, 0.2) is 0 Å². The maximum absolute atomic E-state index is 12.1. The molecule has 0 aliphatic carbocycles. The summed E-state index contributed by atoms with van der Waals surface area (Å²) in [6.45, 7) is 1.98. The van der Waals surface area contributed by atoms with Gasteiger partial charge < -0.3 is 10.1 Å². The molecule has 2 rings (SSSR count). The fourth-order valence-electron chi connectivity index (χ4n) is 1.69. The molecule has 98 valence electrons. The second-order valence-electron chi connectivity index (χ2n) is 4.15. The van der Waals surface area contributed by atoms with Crippen LogP contribution in [0.25, 0.3) is 0 Å². The van der Waals surface area contributed by atoms with E-state index in [0.717, 1.165) is 15.7 Å². The Kier molecular flexibility index (Phi) is 4.22. The van der Waals surface area contributed by atoms with Gasteiger partial charge in [-0.2, -0.15) is 0 Å². The first-order chi connectivity index (χ1) is 9.10. The highest BCUT2D eigenvalue weighted by molar-refractivity contribution is 9.10. The monoisotopic (exact) mass is 319 g/mol. The smallest absolute Gasteiger partial charge is 0.255 e. The van der Waals surface area contributed by atoms with Crippen molar-refractivity contribution in [2.75, 3.05) is 12.4 Å². The summed E-state index contributed by atoms with van der Waals surface area (Å²) in [5, 5.41) is 2.86. The predicted octanol–water partition coefficient (Wildman–Crippen LogP) is 4.02. The van der Waals surface area contributed by atoms with Gasteiger partial charge >= 0.3 is 0 Å². The second kappa shape index (κ2) is 5.89. The summed E-state index contributed by atoms with van der Waals surface area (Å²) in [5.41, 5.74) is 2.41. The Labute approximate surface area is 120 Å². The lowest BCUT2D eigenvalue weighted by atomic mass is 10.2. The Bertz CT molecular complexity index is 611. The summed E-state index contributed by atoms with van der Waals surface area (Å²) in [6, 6.07) is 12.7. The number of hydrogen-bond acceptors (Lipinski definition) is 2. The number of carbonyl (C=O) groups is 1. The summed E-state index contributed by atoms with van der Waals surface area (Å²) >= 11 is 3.43. The maximum atomic E-state index is 12.1. The van der Waals surface area contributed by atoms with Crippen molar-refractivity contribution in [3.05, 3.63) is 58.1 Å². The lowest BCUT2D eigenvalue weighted by molar-refractivity contribution is 0.102. The van der Waals surface area contributed by atoms with Crippen LogP contribution in [0, 0.1) is 6.92 Å². The minimum absolute atomic E-state index is 0.152. The highest BCUT2D eigenvalue weighted by Gasteiger charge is 2.07. The first-order valence-electron chi connectivity index (χ1n) is 5.81. The van der Waals surface area contributed by atoms with Crippen molar-refractivity contribution in [1.29, 1.82) is 0 Å². The second-order valence-corrected chi connectivity index (χ2v) is 5.00. The minimum atomic E-state index is -0.152. The van der Waals surface area contributed by atoms with Crippen molar-refractivity contribution in [2.24, 2.45) is 0 Å². The molecule has 2 aromatic carbocycles. The SMILES string of the molecule is COc1cccc(C(=O)Nc2ccc(Br)c(C)c2)c1. The molecule has 2 aromatic rings. The molecular weight excluding hydrogens is 306 g/mol. The number of rotatable bonds is 3. The number of anilines is 1. The van der Waals surface area contributed by atoms with Crippen LogP contribution in [0.1, 0.15) is 15.9 Å². The molecule has 4 heteroatoms. The summed E-state index contributed by atoms with van der Waals surface area (Å²) in [6.07, 6.45) is 0. The molecule has 0 saturated carbocycles. The number of benzene rings is 2. The van der Waals surface area contributed by atoms with Gasteiger partial charge in [-0.05, 0) is 48.9 Å². The molecule has 0 aliphatic heterocycles. The fraction of sp³-hybridized carbons (Fsp3) is 0.133. The van der Waals surface area contributed by atoms with Gasteiger partial charge in [-0.1, -0.05) is 22.0 Å². The van der Waals surface area contributed by atoms with Crippen molar-refractivity contribution in [3.63, 3.8) is 0 Å². The zero-order chi connectivity index (χ0) is 13.8. The molecule has 0 fully saturated rings. The average molecular weight is 320 g/mol. The van der Waals surface area contributed by atoms with Crippen LogP contribution in [0.3, 0.4) is 0 Å². The Hall–Kier alpha value is -1.81. The third kappa shape index (κ3) is 3.35. The lowest BCUT2D eigenvalue weighted by Crippen LogP contribution is -2.11. The van der Waals surface area contributed by atoms with Crippen LogP contribution >= 0.6 is 15.9 Å². The number of halogens is 1. The molecule has 0 unspecified atom stereocenters. The van der Waals surface area contributed by atoms with E-state index in [1.807, 2.05) is 25.1 Å². The Morgan fingerprint density at radius 2 is 2.00 bits per heavy atom. The van der Waals surface area contributed by atoms with Gasteiger partial charge in [-0.15, -0.1) is 0 Å². The Morgan fingerprint density at radius 1 is 1.21 bits per heavy atom.